The third-order valence-corrected chi connectivity index (χ3v) is 3.90. The molecule has 0 unspecified atom stereocenters. The Labute approximate surface area is 154 Å². The van der Waals surface area contributed by atoms with Gasteiger partial charge in [-0.15, -0.1) is 0 Å². The van der Waals surface area contributed by atoms with Gasteiger partial charge in [0.25, 0.3) is 5.91 Å². The molecule has 0 bridgehead atoms. The summed E-state index contributed by atoms with van der Waals surface area (Å²) in [6.45, 7) is 2.24. The first-order valence-electron chi connectivity index (χ1n) is 7.73. The van der Waals surface area contributed by atoms with Crippen LogP contribution in [0.5, 0.6) is 5.75 Å². The van der Waals surface area contributed by atoms with Gasteiger partial charge in [0.1, 0.15) is 17.8 Å². The van der Waals surface area contributed by atoms with Crippen LogP contribution >= 0.6 is 11.6 Å². The number of hydrogen-bond acceptors (Lipinski definition) is 5. The average Bonchev–Trinajstić information content (AvgIpc) is 3.09. The molecule has 8 heteroatoms. The Morgan fingerprint density at radius 1 is 1.38 bits per heavy atom. The maximum Gasteiger partial charge on any atom is 0.273 e. The summed E-state index contributed by atoms with van der Waals surface area (Å²) in [4.78, 5) is 20.2. The molecule has 0 aliphatic rings. The van der Waals surface area contributed by atoms with Crippen molar-refractivity contribution in [1.29, 1.82) is 0 Å². The molecule has 1 aromatic carbocycles. The number of benzene rings is 1. The van der Waals surface area contributed by atoms with E-state index in [1.165, 1.54) is 18.4 Å². The molecular formula is C18H15ClFN3O3. The lowest BCUT2D eigenvalue weighted by atomic mass is 10.1. The number of nitrogens with one attached hydrogen (secondary N) is 1. The highest BCUT2D eigenvalue weighted by Gasteiger charge is 2.13. The summed E-state index contributed by atoms with van der Waals surface area (Å²) in [5, 5.41) is 2.91. The fraction of sp³-hybridized carbons (Fsp3) is 0.167. The van der Waals surface area contributed by atoms with E-state index in [0.717, 1.165) is 17.2 Å². The molecule has 2 aromatic heterocycles. The Hall–Kier alpha value is -2.93. The molecule has 1 amide bonds. The second-order valence-electron chi connectivity index (χ2n) is 5.47. The van der Waals surface area contributed by atoms with Crippen LogP contribution in [-0.2, 0) is 13.2 Å². The minimum Gasteiger partial charge on any atom is -0.482 e. The van der Waals surface area contributed by atoms with Gasteiger partial charge in [-0.2, -0.15) is 0 Å². The summed E-state index contributed by atoms with van der Waals surface area (Å²) in [5.74, 6) is -0.320. The van der Waals surface area contributed by atoms with Gasteiger partial charge >= 0.3 is 0 Å². The van der Waals surface area contributed by atoms with E-state index in [-0.39, 0.29) is 29.1 Å². The maximum absolute atomic E-state index is 13.0. The van der Waals surface area contributed by atoms with Crippen molar-refractivity contribution >= 4 is 17.5 Å². The molecule has 6 nitrogen and oxygen atoms in total. The predicted molar refractivity (Wildman–Crippen MR) is 92.4 cm³/mol. The van der Waals surface area contributed by atoms with Gasteiger partial charge in [-0.25, -0.2) is 9.37 Å². The molecule has 3 aromatic rings. The number of aryl methyl sites for hydroxylation is 1. The fourth-order valence-corrected chi connectivity index (χ4v) is 2.40. The monoisotopic (exact) mass is 375 g/mol. The van der Waals surface area contributed by atoms with Crippen molar-refractivity contribution in [3.63, 3.8) is 0 Å². The lowest BCUT2D eigenvalue weighted by Gasteiger charge is -2.06. The minimum atomic E-state index is -0.457. The predicted octanol–water partition coefficient (Wildman–Crippen LogP) is 3.68. The second-order valence-corrected chi connectivity index (χ2v) is 5.88. The van der Waals surface area contributed by atoms with Crippen LogP contribution in [-0.4, -0.2) is 15.9 Å². The largest absolute Gasteiger partial charge is 0.482 e. The van der Waals surface area contributed by atoms with Gasteiger partial charge in [0, 0.05) is 18.9 Å². The number of pyridine rings is 1. The molecule has 2 heterocycles. The SMILES string of the molecule is Cc1cnccc1CNC(=O)c1coc(COc2ccc(F)cc2Cl)n1. The van der Waals surface area contributed by atoms with Crippen molar-refractivity contribution in [3.05, 3.63) is 76.5 Å². The molecule has 3 rings (SSSR count). The first-order chi connectivity index (χ1) is 12.5. The van der Waals surface area contributed by atoms with Crippen molar-refractivity contribution in [3.8, 4) is 5.75 Å². The quantitative estimate of drug-likeness (QED) is 0.711. The number of rotatable bonds is 6. The maximum atomic E-state index is 13.0. The van der Waals surface area contributed by atoms with E-state index >= 15 is 0 Å². The van der Waals surface area contributed by atoms with Gasteiger partial charge in [0.05, 0.1) is 5.02 Å². The fourth-order valence-electron chi connectivity index (χ4n) is 2.18. The molecule has 0 fully saturated rings. The lowest BCUT2D eigenvalue weighted by Crippen LogP contribution is -2.23. The number of oxazole rings is 1. The van der Waals surface area contributed by atoms with E-state index in [0.29, 0.717) is 12.3 Å². The van der Waals surface area contributed by atoms with Crippen LogP contribution in [0.2, 0.25) is 5.02 Å². The van der Waals surface area contributed by atoms with Gasteiger partial charge < -0.3 is 14.5 Å². The lowest BCUT2D eigenvalue weighted by molar-refractivity contribution is 0.0945. The molecule has 0 saturated heterocycles. The third kappa shape index (κ3) is 4.37. The van der Waals surface area contributed by atoms with Crippen LogP contribution < -0.4 is 10.1 Å². The van der Waals surface area contributed by atoms with Gasteiger partial charge in [-0.05, 0) is 42.3 Å². The number of ether oxygens (including phenoxy) is 1. The molecule has 0 aliphatic carbocycles. The first-order valence-corrected chi connectivity index (χ1v) is 8.10. The summed E-state index contributed by atoms with van der Waals surface area (Å²) in [6, 6.07) is 5.62. The van der Waals surface area contributed by atoms with Gasteiger partial charge in [0.15, 0.2) is 12.3 Å². The van der Waals surface area contributed by atoms with Crippen LogP contribution in [0.4, 0.5) is 4.39 Å². The number of hydrogen-bond donors (Lipinski definition) is 1. The molecule has 26 heavy (non-hydrogen) atoms. The number of aromatic nitrogens is 2. The summed E-state index contributed by atoms with van der Waals surface area (Å²) >= 11 is 5.88. The Balaban J connectivity index is 1.57. The third-order valence-electron chi connectivity index (χ3n) is 3.61. The number of carbonyl (C=O) groups is 1. The minimum absolute atomic E-state index is 0.0396. The zero-order valence-corrected chi connectivity index (χ0v) is 14.6. The normalized spacial score (nSPS) is 10.6. The van der Waals surface area contributed by atoms with E-state index < -0.39 is 5.82 Å². The standard InChI is InChI=1S/C18H15ClFN3O3/c1-11-7-21-5-4-12(11)8-22-18(24)15-9-26-17(23-15)10-25-16-3-2-13(20)6-14(16)19/h2-7,9H,8,10H2,1H3,(H,22,24). The van der Waals surface area contributed by atoms with Crippen molar-refractivity contribution in [2.24, 2.45) is 0 Å². The smallest absolute Gasteiger partial charge is 0.273 e. The van der Waals surface area contributed by atoms with Crippen molar-refractivity contribution in [2.75, 3.05) is 0 Å². The first kappa shape index (κ1) is 17.9. The van der Waals surface area contributed by atoms with Crippen LogP contribution in [0, 0.1) is 12.7 Å². The Kier molecular flexibility index (Phi) is 5.48. The van der Waals surface area contributed by atoms with Gasteiger partial charge in [-0.1, -0.05) is 11.6 Å². The van der Waals surface area contributed by atoms with E-state index in [1.54, 1.807) is 12.4 Å². The zero-order chi connectivity index (χ0) is 18.5. The highest BCUT2D eigenvalue weighted by atomic mass is 35.5. The Bertz CT molecular complexity index is 930. The van der Waals surface area contributed by atoms with Crippen LogP contribution in [0.3, 0.4) is 0 Å². The average molecular weight is 376 g/mol. The number of carbonyl (C=O) groups excluding carboxylic acids is 1. The van der Waals surface area contributed by atoms with Gasteiger partial charge in [0.2, 0.25) is 5.89 Å². The molecular weight excluding hydrogens is 361 g/mol. The van der Waals surface area contributed by atoms with Crippen molar-refractivity contribution in [2.45, 2.75) is 20.1 Å². The van der Waals surface area contributed by atoms with Crippen LogP contribution in [0.15, 0.2) is 47.3 Å². The molecule has 0 radical (unpaired) electrons. The number of halogens is 2. The topological polar surface area (TPSA) is 77.2 Å². The highest BCUT2D eigenvalue weighted by molar-refractivity contribution is 6.32. The highest BCUT2D eigenvalue weighted by Crippen LogP contribution is 2.25. The second kappa shape index (κ2) is 7.97. The summed E-state index contributed by atoms with van der Waals surface area (Å²) in [5.41, 5.74) is 2.09. The summed E-state index contributed by atoms with van der Waals surface area (Å²) < 4.78 is 23.6. The number of nitrogens with zero attached hydrogens (tertiary/aromatic N) is 2. The van der Waals surface area contributed by atoms with Crippen molar-refractivity contribution < 1.29 is 18.3 Å². The van der Waals surface area contributed by atoms with E-state index in [9.17, 15) is 9.18 Å². The molecule has 0 aliphatic heterocycles. The van der Waals surface area contributed by atoms with Crippen LogP contribution in [0.1, 0.15) is 27.5 Å². The Morgan fingerprint density at radius 3 is 3.00 bits per heavy atom. The molecule has 0 saturated carbocycles. The molecule has 1 N–H and O–H groups in total. The van der Waals surface area contributed by atoms with E-state index in [1.807, 2.05) is 13.0 Å². The van der Waals surface area contributed by atoms with E-state index in [4.69, 9.17) is 20.8 Å². The molecule has 0 atom stereocenters. The van der Waals surface area contributed by atoms with E-state index in [2.05, 4.69) is 15.3 Å². The summed E-state index contributed by atoms with van der Waals surface area (Å²) in [7, 11) is 0. The molecule has 0 spiro atoms. The number of amides is 1. The summed E-state index contributed by atoms with van der Waals surface area (Å²) in [6.07, 6.45) is 4.65. The van der Waals surface area contributed by atoms with Gasteiger partial charge in [-0.3, -0.25) is 9.78 Å². The zero-order valence-electron chi connectivity index (χ0n) is 13.8. The van der Waals surface area contributed by atoms with Crippen LogP contribution in [0.25, 0.3) is 0 Å². The Morgan fingerprint density at radius 2 is 2.23 bits per heavy atom. The molecule has 134 valence electrons. The van der Waals surface area contributed by atoms with Crippen molar-refractivity contribution in [1.82, 2.24) is 15.3 Å².